The summed E-state index contributed by atoms with van der Waals surface area (Å²) < 4.78 is 15.9. The van der Waals surface area contributed by atoms with E-state index in [1.165, 1.54) is 5.56 Å². The van der Waals surface area contributed by atoms with Gasteiger partial charge in [0.25, 0.3) is 0 Å². The Bertz CT molecular complexity index is 800. The monoisotopic (exact) mass is 495 g/mol. The Morgan fingerprint density at radius 1 is 0.893 bits per heavy atom. The van der Waals surface area contributed by atoms with Crippen molar-refractivity contribution >= 4 is 29.9 Å². The van der Waals surface area contributed by atoms with E-state index in [1.807, 2.05) is 36.4 Å². The second-order valence-electron chi connectivity index (χ2n) is 6.03. The summed E-state index contributed by atoms with van der Waals surface area (Å²) in [5.41, 5.74) is 1.24. The zero-order valence-corrected chi connectivity index (χ0v) is 18.2. The van der Waals surface area contributed by atoms with Crippen molar-refractivity contribution in [1.82, 2.24) is 10.6 Å². The smallest absolute Gasteiger partial charge is 0.191 e. The normalized spacial score (nSPS) is 11.0. The maximum absolute atomic E-state index is 5.37. The van der Waals surface area contributed by atoms with Crippen LogP contribution in [0.15, 0.2) is 74.9 Å². The van der Waals surface area contributed by atoms with Gasteiger partial charge in [0.1, 0.15) is 23.8 Å². The fourth-order valence-corrected chi connectivity index (χ4v) is 2.61. The summed E-state index contributed by atoms with van der Waals surface area (Å²) in [6, 6.07) is 15.8. The van der Waals surface area contributed by atoms with Gasteiger partial charge in [0.2, 0.25) is 0 Å². The van der Waals surface area contributed by atoms with E-state index in [2.05, 4.69) is 27.8 Å². The third kappa shape index (κ3) is 7.30. The van der Waals surface area contributed by atoms with Gasteiger partial charge in [-0.05, 0) is 48.4 Å². The molecule has 0 radical (unpaired) electrons. The van der Waals surface area contributed by atoms with Crippen molar-refractivity contribution in [1.29, 1.82) is 0 Å². The van der Waals surface area contributed by atoms with Gasteiger partial charge in [-0.3, -0.25) is 0 Å². The first-order valence-electron chi connectivity index (χ1n) is 9.03. The van der Waals surface area contributed by atoms with E-state index in [-0.39, 0.29) is 24.0 Å². The van der Waals surface area contributed by atoms with Crippen LogP contribution in [0.4, 0.5) is 0 Å². The third-order valence-electron chi connectivity index (χ3n) is 4.08. The molecule has 28 heavy (non-hydrogen) atoms. The highest BCUT2D eigenvalue weighted by Gasteiger charge is 2.02. The van der Waals surface area contributed by atoms with Gasteiger partial charge in [0.15, 0.2) is 5.96 Å². The van der Waals surface area contributed by atoms with Crippen LogP contribution in [-0.4, -0.2) is 26.2 Å². The molecule has 150 valence electrons. The lowest BCUT2D eigenvalue weighted by Gasteiger charge is -2.12. The van der Waals surface area contributed by atoms with Crippen molar-refractivity contribution in [2.45, 2.75) is 19.4 Å². The SMILES string of the molecule is COc1ccc(CCNC(=NCc2ccco2)NCCc2ccco2)cc1.I. The van der Waals surface area contributed by atoms with Crippen molar-refractivity contribution in [2.24, 2.45) is 4.99 Å². The molecule has 2 N–H and O–H groups in total. The molecule has 0 saturated carbocycles. The van der Waals surface area contributed by atoms with Gasteiger partial charge in [-0.25, -0.2) is 4.99 Å². The predicted molar refractivity (Wildman–Crippen MR) is 120 cm³/mol. The number of guanidine groups is 1. The number of hydrogen-bond acceptors (Lipinski definition) is 4. The van der Waals surface area contributed by atoms with Crippen LogP contribution >= 0.6 is 24.0 Å². The van der Waals surface area contributed by atoms with Gasteiger partial charge in [-0.2, -0.15) is 0 Å². The van der Waals surface area contributed by atoms with Crippen molar-refractivity contribution in [3.63, 3.8) is 0 Å². The van der Waals surface area contributed by atoms with Crippen molar-refractivity contribution < 1.29 is 13.6 Å². The van der Waals surface area contributed by atoms with E-state index >= 15 is 0 Å². The van der Waals surface area contributed by atoms with Crippen molar-refractivity contribution in [3.8, 4) is 5.75 Å². The summed E-state index contributed by atoms with van der Waals surface area (Å²) in [5, 5.41) is 6.72. The number of aliphatic imine (C=N–C) groups is 1. The molecule has 7 heteroatoms. The first-order valence-corrected chi connectivity index (χ1v) is 9.03. The Labute approximate surface area is 182 Å². The molecule has 3 aromatic rings. The summed E-state index contributed by atoms with van der Waals surface area (Å²) in [6.45, 7) is 2.00. The van der Waals surface area contributed by atoms with Crippen LogP contribution in [0.5, 0.6) is 5.75 Å². The summed E-state index contributed by atoms with van der Waals surface area (Å²) in [4.78, 5) is 4.59. The summed E-state index contributed by atoms with van der Waals surface area (Å²) >= 11 is 0. The van der Waals surface area contributed by atoms with E-state index in [1.54, 1.807) is 19.6 Å². The van der Waals surface area contributed by atoms with Crippen LogP contribution in [0.1, 0.15) is 17.1 Å². The van der Waals surface area contributed by atoms with E-state index < -0.39 is 0 Å². The Hall–Kier alpha value is -2.42. The minimum atomic E-state index is 0. The number of methoxy groups -OCH3 is 1. The molecule has 0 aliphatic carbocycles. The quantitative estimate of drug-likeness (QED) is 0.267. The molecule has 0 saturated heterocycles. The van der Waals surface area contributed by atoms with E-state index in [9.17, 15) is 0 Å². The third-order valence-corrected chi connectivity index (χ3v) is 4.08. The largest absolute Gasteiger partial charge is 0.497 e. The maximum Gasteiger partial charge on any atom is 0.191 e. The summed E-state index contributed by atoms with van der Waals surface area (Å²) in [6.07, 6.45) is 5.04. The van der Waals surface area contributed by atoms with Gasteiger partial charge in [0, 0.05) is 19.5 Å². The second-order valence-corrected chi connectivity index (χ2v) is 6.03. The number of halogens is 1. The predicted octanol–water partition coefficient (Wildman–Crippen LogP) is 4.02. The molecule has 1 aromatic carbocycles. The van der Waals surface area contributed by atoms with Crippen molar-refractivity contribution in [2.75, 3.05) is 20.2 Å². The lowest BCUT2D eigenvalue weighted by atomic mass is 10.1. The van der Waals surface area contributed by atoms with Gasteiger partial charge in [-0.15, -0.1) is 24.0 Å². The van der Waals surface area contributed by atoms with Gasteiger partial charge >= 0.3 is 0 Å². The highest BCUT2D eigenvalue weighted by atomic mass is 127. The number of nitrogens with zero attached hydrogens (tertiary/aromatic N) is 1. The fraction of sp³-hybridized carbons (Fsp3) is 0.286. The van der Waals surface area contributed by atoms with E-state index in [4.69, 9.17) is 13.6 Å². The number of ether oxygens (including phenoxy) is 1. The molecule has 2 heterocycles. The van der Waals surface area contributed by atoms with E-state index in [0.717, 1.165) is 49.2 Å². The lowest BCUT2D eigenvalue weighted by molar-refractivity contribution is 0.414. The van der Waals surface area contributed by atoms with Gasteiger partial charge in [0.05, 0.1) is 19.6 Å². The van der Waals surface area contributed by atoms with Gasteiger partial charge in [-0.1, -0.05) is 12.1 Å². The molecule has 0 spiro atoms. The van der Waals surface area contributed by atoms with Crippen LogP contribution in [0.3, 0.4) is 0 Å². The minimum Gasteiger partial charge on any atom is -0.497 e. The molecule has 0 bridgehead atoms. The number of nitrogens with one attached hydrogen (secondary N) is 2. The number of hydrogen-bond donors (Lipinski definition) is 2. The van der Waals surface area contributed by atoms with Gasteiger partial charge < -0.3 is 24.2 Å². The average Bonchev–Trinajstić information content (AvgIpc) is 3.40. The molecule has 3 rings (SSSR count). The molecular weight excluding hydrogens is 469 g/mol. The molecule has 0 amide bonds. The van der Waals surface area contributed by atoms with E-state index in [0.29, 0.717) is 6.54 Å². The molecule has 2 aromatic heterocycles. The minimum absolute atomic E-state index is 0. The summed E-state index contributed by atoms with van der Waals surface area (Å²) in [7, 11) is 1.67. The number of benzene rings is 1. The highest BCUT2D eigenvalue weighted by Crippen LogP contribution is 2.11. The van der Waals surface area contributed by atoms with Crippen LogP contribution in [-0.2, 0) is 19.4 Å². The Morgan fingerprint density at radius 3 is 2.14 bits per heavy atom. The number of furan rings is 2. The number of rotatable bonds is 9. The first kappa shape index (κ1) is 21.9. The van der Waals surface area contributed by atoms with Crippen LogP contribution in [0.2, 0.25) is 0 Å². The average molecular weight is 495 g/mol. The molecule has 0 fully saturated rings. The Balaban J connectivity index is 0.00000280. The van der Waals surface area contributed by atoms with Crippen LogP contribution in [0.25, 0.3) is 0 Å². The lowest BCUT2D eigenvalue weighted by Crippen LogP contribution is -2.39. The molecule has 0 unspecified atom stereocenters. The second kappa shape index (κ2) is 12.1. The molecular formula is C21H26IN3O3. The van der Waals surface area contributed by atoms with Crippen LogP contribution in [0, 0.1) is 0 Å². The fourth-order valence-electron chi connectivity index (χ4n) is 2.61. The summed E-state index contributed by atoms with van der Waals surface area (Å²) in [5.74, 6) is 3.40. The zero-order valence-electron chi connectivity index (χ0n) is 15.9. The zero-order chi connectivity index (χ0) is 18.7. The molecule has 0 aliphatic rings. The first-order chi connectivity index (χ1) is 13.3. The maximum atomic E-state index is 5.37. The van der Waals surface area contributed by atoms with Crippen LogP contribution < -0.4 is 15.4 Å². The molecule has 6 nitrogen and oxygen atoms in total. The Morgan fingerprint density at radius 2 is 1.54 bits per heavy atom. The van der Waals surface area contributed by atoms with Crippen molar-refractivity contribution in [3.05, 3.63) is 78.1 Å². The Kier molecular flexibility index (Phi) is 9.47. The topological polar surface area (TPSA) is 71.9 Å². The molecule has 0 aliphatic heterocycles. The molecule has 0 atom stereocenters. The highest BCUT2D eigenvalue weighted by molar-refractivity contribution is 14.0. The standard InChI is InChI=1S/C21H25N3O3.HI/c1-25-18-8-6-17(7-9-18)10-12-22-21(24-16-20-5-3-15-27-20)23-13-11-19-4-2-14-26-19;/h2-9,14-15H,10-13,16H2,1H3,(H2,22,23,24);1H.